The topological polar surface area (TPSA) is 64.3 Å². The van der Waals surface area contributed by atoms with Crippen molar-refractivity contribution in [1.82, 2.24) is 0 Å². The fourth-order valence-electron chi connectivity index (χ4n) is 1.82. The zero-order valence-electron chi connectivity index (χ0n) is 11.2. The smallest absolute Gasteiger partial charge is 0.255 e. The van der Waals surface area contributed by atoms with Gasteiger partial charge in [-0.25, -0.2) is 0 Å². The standard InChI is InChI=1S/C15H13BrN2O2S/c1-20-12-4-2-3-11(14(17)21)13(12)18-15(19)9-5-7-10(16)8-6-9/h2-8H,1H3,(H2,17,21)(H,18,19). The average Bonchev–Trinajstić information content (AvgIpc) is 2.47. The van der Waals surface area contributed by atoms with Gasteiger partial charge in [0.25, 0.3) is 5.91 Å². The molecule has 21 heavy (non-hydrogen) atoms. The van der Waals surface area contributed by atoms with Gasteiger partial charge < -0.3 is 15.8 Å². The van der Waals surface area contributed by atoms with Gasteiger partial charge in [0.05, 0.1) is 12.8 Å². The lowest BCUT2D eigenvalue weighted by Gasteiger charge is -2.14. The summed E-state index contributed by atoms with van der Waals surface area (Å²) in [5.41, 5.74) is 7.25. The molecule has 0 bridgehead atoms. The van der Waals surface area contributed by atoms with E-state index in [-0.39, 0.29) is 10.9 Å². The molecule has 0 aliphatic carbocycles. The van der Waals surface area contributed by atoms with Crippen LogP contribution in [0.15, 0.2) is 46.9 Å². The van der Waals surface area contributed by atoms with Gasteiger partial charge in [-0.05, 0) is 36.4 Å². The summed E-state index contributed by atoms with van der Waals surface area (Å²) >= 11 is 8.34. The van der Waals surface area contributed by atoms with Gasteiger partial charge in [0.2, 0.25) is 0 Å². The molecule has 1 amide bonds. The van der Waals surface area contributed by atoms with Crippen LogP contribution in [0.5, 0.6) is 5.75 Å². The fourth-order valence-corrected chi connectivity index (χ4v) is 2.26. The van der Waals surface area contributed by atoms with Crippen LogP contribution in [0.4, 0.5) is 5.69 Å². The van der Waals surface area contributed by atoms with E-state index in [1.165, 1.54) is 7.11 Å². The summed E-state index contributed by atoms with van der Waals surface area (Å²) in [6.07, 6.45) is 0. The van der Waals surface area contributed by atoms with Crippen LogP contribution in [-0.4, -0.2) is 18.0 Å². The monoisotopic (exact) mass is 364 g/mol. The number of carbonyl (C=O) groups excluding carboxylic acids is 1. The second-order valence-corrected chi connectivity index (χ2v) is 5.56. The number of carbonyl (C=O) groups is 1. The number of benzene rings is 2. The number of amides is 1. The Kier molecular flexibility index (Phi) is 4.93. The second kappa shape index (κ2) is 6.69. The molecule has 0 aliphatic rings. The lowest BCUT2D eigenvalue weighted by atomic mass is 10.1. The zero-order chi connectivity index (χ0) is 15.4. The largest absolute Gasteiger partial charge is 0.495 e. The molecule has 4 nitrogen and oxygen atoms in total. The van der Waals surface area contributed by atoms with Gasteiger partial charge in [-0.3, -0.25) is 4.79 Å². The van der Waals surface area contributed by atoms with Gasteiger partial charge in [0, 0.05) is 15.6 Å². The maximum Gasteiger partial charge on any atom is 0.255 e. The molecule has 108 valence electrons. The molecular formula is C15H13BrN2O2S. The molecule has 2 aromatic carbocycles. The number of para-hydroxylation sites is 1. The van der Waals surface area contributed by atoms with Crippen molar-refractivity contribution in [2.75, 3.05) is 12.4 Å². The third-order valence-electron chi connectivity index (χ3n) is 2.86. The predicted octanol–water partition coefficient (Wildman–Crippen LogP) is 3.34. The minimum atomic E-state index is -0.260. The Bertz CT molecular complexity index is 687. The SMILES string of the molecule is COc1cccc(C(N)=S)c1NC(=O)c1ccc(Br)cc1. The Morgan fingerprint density at radius 3 is 2.48 bits per heavy atom. The van der Waals surface area contributed by atoms with Gasteiger partial charge in [-0.1, -0.05) is 34.2 Å². The molecular weight excluding hydrogens is 352 g/mol. The molecule has 0 radical (unpaired) electrons. The zero-order valence-corrected chi connectivity index (χ0v) is 13.6. The summed E-state index contributed by atoms with van der Waals surface area (Å²) in [4.78, 5) is 12.5. The first-order valence-corrected chi connectivity index (χ1v) is 7.26. The summed E-state index contributed by atoms with van der Waals surface area (Å²) in [5, 5.41) is 2.80. The molecule has 0 fully saturated rings. The number of methoxy groups -OCH3 is 1. The molecule has 0 aliphatic heterocycles. The van der Waals surface area contributed by atoms with E-state index in [0.29, 0.717) is 22.6 Å². The van der Waals surface area contributed by atoms with E-state index in [0.717, 1.165) is 4.47 Å². The van der Waals surface area contributed by atoms with Crippen LogP contribution in [-0.2, 0) is 0 Å². The van der Waals surface area contributed by atoms with Crippen LogP contribution < -0.4 is 15.8 Å². The number of rotatable bonds is 4. The Morgan fingerprint density at radius 1 is 1.24 bits per heavy atom. The maximum absolute atomic E-state index is 12.3. The number of anilines is 1. The van der Waals surface area contributed by atoms with E-state index in [1.807, 2.05) is 0 Å². The Balaban J connectivity index is 2.36. The van der Waals surface area contributed by atoms with Gasteiger partial charge in [-0.15, -0.1) is 0 Å². The Morgan fingerprint density at radius 2 is 1.90 bits per heavy atom. The molecule has 0 unspecified atom stereocenters. The number of thiocarbonyl (C=S) groups is 1. The molecule has 0 heterocycles. The van der Waals surface area contributed by atoms with Crippen molar-refractivity contribution in [3.05, 3.63) is 58.1 Å². The first-order valence-electron chi connectivity index (χ1n) is 6.06. The predicted molar refractivity (Wildman–Crippen MR) is 91.0 cm³/mol. The van der Waals surface area contributed by atoms with Crippen LogP contribution >= 0.6 is 28.1 Å². The molecule has 0 aromatic heterocycles. The van der Waals surface area contributed by atoms with Crippen LogP contribution in [0.3, 0.4) is 0 Å². The molecule has 6 heteroatoms. The molecule has 2 rings (SSSR count). The van der Waals surface area contributed by atoms with Gasteiger partial charge in [-0.2, -0.15) is 0 Å². The summed E-state index contributed by atoms with van der Waals surface area (Å²) in [6, 6.07) is 12.3. The number of halogens is 1. The summed E-state index contributed by atoms with van der Waals surface area (Å²) in [5.74, 6) is 0.246. The van der Waals surface area contributed by atoms with Crippen molar-refractivity contribution in [3.8, 4) is 5.75 Å². The van der Waals surface area contributed by atoms with Crippen LogP contribution in [0.25, 0.3) is 0 Å². The molecule has 0 saturated heterocycles. The van der Waals surface area contributed by atoms with E-state index >= 15 is 0 Å². The normalized spacial score (nSPS) is 10.0. The summed E-state index contributed by atoms with van der Waals surface area (Å²) < 4.78 is 6.16. The number of hydrogen-bond donors (Lipinski definition) is 2. The highest BCUT2D eigenvalue weighted by atomic mass is 79.9. The molecule has 0 spiro atoms. The van der Waals surface area contributed by atoms with Crippen molar-refractivity contribution in [2.24, 2.45) is 5.73 Å². The number of ether oxygens (including phenoxy) is 1. The van der Waals surface area contributed by atoms with Crippen molar-refractivity contribution >= 4 is 44.7 Å². The van der Waals surface area contributed by atoms with Crippen molar-refractivity contribution < 1.29 is 9.53 Å². The van der Waals surface area contributed by atoms with Gasteiger partial charge >= 0.3 is 0 Å². The number of hydrogen-bond acceptors (Lipinski definition) is 3. The van der Waals surface area contributed by atoms with Crippen LogP contribution in [0.1, 0.15) is 15.9 Å². The van der Waals surface area contributed by atoms with Crippen LogP contribution in [0, 0.1) is 0 Å². The molecule has 2 aromatic rings. The minimum Gasteiger partial charge on any atom is -0.495 e. The van der Waals surface area contributed by atoms with Crippen molar-refractivity contribution in [1.29, 1.82) is 0 Å². The Hall–Kier alpha value is -1.92. The Labute approximate surface area is 136 Å². The number of nitrogens with one attached hydrogen (secondary N) is 1. The molecule has 3 N–H and O–H groups in total. The third-order valence-corrected chi connectivity index (χ3v) is 3.61. The van der Waals surface area contributed by atoms with E-state index in [1.54, 1.807) is 42.5 Å². The quantitative estimate of drug-likeness (QED) is 0.816. The number of nitrogens with two attached hydrogens (primary N) is 1. The highest BCUT2D eigenvalue weighted by Gasteiger charge is 2.15. The highest BCUT2D eigenvalue weighted by Crippen LogP contribution is 2.29. The average molecular weight is 365 g/mol. The lowest BCUT2D eigenvalue weighted by Crippen LogP contribution is -2.18. The molecule has 0 saturated carbocycles. The van der Waals surface area contributed by atoms with E-state index < -0.39 is 0 Å². The first kappa shape index (κ1) is 15.5. The third kappa shape index (κ3) is 3.59. The van der Waals surface area contributed by atoms with E-state index in [9.17, 15) is 4.79 Å². The van der Waals surface area contributed by atoms with Crippen LogP contribution in [0.2, 0.25) is 0 Å². The van der Waals surface area contributed by atoms with Crippen molar-refractivity contribution in [2.45, 2.75) is 0 Å². The van der Waals surface area contributed by atoms with E-state index in [2.05, 4.69) is 21.2 Å². The van der Waals surface area contributed by atoms with Crippen molar-refractivity contribution in [3.63, 3.8) is 0 Å². The highest BCUT2D eigenvalue weighted by molar-refractivity contribution is 9.10. The fraction of sp³-hybridized carbons (Fsp3) is 0.0667. The maximum atomic E-state index is 12.3. The lowest BCUT2D eigenvalue weighted by molar-refractivity contribution is 0.102. The van der Waals surface area contributed by atoms with Gasteiger partial charge in [0.15, 0.2) is 0 Å². The molecule has 0 atom stereocenters. The second-order valence-electron chi connectivity index (χ2n) is 4.21. The minimum absolute atomic E-state index is 0.194. The summed E-state index contributed by atoms with van der Waals surface area (Å²) in [6.45, 7) is 0. The summed E-state index contributed by atoms with van der Waals surface area (Å²) in [7, 11) is 1.52. The van der Waals surface area contributed by atoms with Gasteiger partial charge in [0.1, 0.15) is 10.7 Å². The first-order chi connectivity index (χ1) is 10.0. The van der Waals surface area contributed by atoms with E-state index in [4.69, 9.17) is 22.7 Å².